The molecule has 0 aromatic heterocycles. The van der Waals surface area contributed by atoms with Gasteiger partial charge in [0.25, 0.3) is 0 Å². The highest BCUT2D eigenvalue weighted by Gasteiger charge is 2.29. The van der Waals surface area contributed by atoms with Crippen LogP contribution in [0.15, 0.2) is 24.3 Å². The Bertz CT molecular complexity index is 1730. The fraction of sp³-hybridized carbons (Fsp3) is 0.896. The number of carbonyl (C=O) groups excluding carboxylic acids is 4. The molecule has 0 rings (SSSR count). The smallest absolute Gasteiger partial charge is 0.463 e. The Balaban J connectivity index is 5.14. The predicted octanol–water partition coefficient (Wildman–Crippen LogP) is 21.9. The summed E-state index contributed by atoms with van der Waals surface area (Å²) in [5, 5.41) is 10.6. The SMILES string of the molecule is CCCCCCCCCCCCCCCC(=O)OC[C@H](COP(=O)(O)OCC(O)COP(=O)(O)OC[C@@H](COC(=O)CCCCCCCCCCCCCCC)OCCCCCCCCC/C=C\CCCCCCC=O)OCCCCCCCCC/C=C\CCCCCCC=O. The number of rotatable bonds is 80. The summed E-state index contributed by atoms with van der Waals surface area (Å²) >= 11 is 0. The number of unbranched alkanes of at least 4 members (excludes halogenated alkanes) is 48. The Morgan fingerprint density at radius 1 is 0.312 bits per heavy atom. The van der Waals surface area contributed by atoms with Crippen LogP contribution in [0.2, 0.25) is 0 Å². The Morgan fingerprint density at radius 3 is 0.812 bits per heavy atom. The molecule has 0 radical (unpaired) electrons. The summed E-state index contributed by atoms with van der Waals surface area (Å²) in [7, 11) is -9.62. The maximum absolute atomic E-state index is 13.1. The highest BCUT2D eigenvalue weighted by Crippen LogP contribution is 2.45. The van der Waals surface area contributed by atoms with Crippen LogP contribution in [-0.4, -0.2) is 111 Å². The first-order valence-electron chi connectivity index (χ1n) is 39.5. The second kappa shape index (κ2) is 74.1. The van der Waals surface area contributed by atoms with E-state index in [0.29, 0.717) is 38.9 Å². The van der Waals surface area contributed by atoms with Crippen LogP contribution in [0.25, 0.3) is 0 Å². The largest absolute Gasteiger partial charge is 0.472 e. The van der Waals surface area contributed by atoms with Crippen molar-refractivity contribution in [2.75, 3.05) is 52.9 Å². The first-order chi connectivity index (χ1) is 46.9. The molecule has 0 amide bonds. The summed E-state index contributed by atoms with van der Waals surface area (Å²) in [5.41, 5.74) is 0. The molecular formula is C77H146O17P2. The highest BCUT2D eigenvalue weighted by molar-refractivity contribution is 7.47. The lowest BCUT2D eigenvalue weighted by Gasteiger charge is -2.21. The van der Waals surface area contributed by atoms with Crippen molar-refractivity contribution in [1.29, 1.82) is 0 Å². The van der Waals surface area contributed by atoms with E-state index in [1.165, 1.54) is 154 Å². The second-order valence-electron chi connectivity index (χ2n) is 26.9. The zero-order chi connectivity index (χ0) is 70.0. The lowest BCUT2D eigenvalue weighted by atomic mass is 10.0. The number of allylic oxidation sites excluding steroid dienone is 4. The van der Waals surface area contributed by atoms with Gasteiger partial charge in [0, 0.05) is 38.9 Å². The lowest BCUT2D eigenvalue weighted by molar-refractivity contribution is -0.150. The van der Waals surface area contributed by atoms with Crippen LogP contribution >= 0.6 is 15.6 Å². The minimum absolute atomic E-state index is 0.184. The van der Waals surface area contributed by atoms with Crippen molar-refractivity contribution in [3.8, 4) is 0 Å². The number of phosphoric ester groups is 2. The zero-order valence-electron chi connectivity index (χ0n) is 61.4. The first kappa shape index (κ1) is 93.9. The van der Waals surface area contributed by atoms with Gasteiger partial charge in [-0.05, 0) is 89.9 Å². The van der Waals surface area contributed by atoms with Gasteiger partial charge in [0.1, 0.15) is 44.1 Å². The fourth-order valence-electron chi connectivity index (χ4n) is 11.4. The maximum Gasteiger partial charge on any atom is 0.472 e. The molecule has 0 aliphatic rings. The van der Waals surface area contributed by atoms with Crippen LogP contribution in [0.1, 0.15) is 373 Å². The maximum atomic E-state index is 13.1. The minimum atomic E-state index is -4.81. The van der Waals surface area contributed by atoms with Gasteiger partial charge in [-0.1, -0.05) is 282 Å². The molecule has 3 N–H and O–H groups in total. The van der Waals surface area contributed by atoms with Crippen LogP contribution in [0.4, 0.5) is 0 Å². The molecule has 0 heterocycles. The van der Waals surface area contributed by atoms with Gasteiger partial charge in [0.15, 0.2) is 0 Å². The second-order valence-corrected chi connectivity index (χ2v) is 29.8. The van der Waals surface area contributed by atoms with Gasteiger partial charge in [-0.2, -0.15) is 0 Å². The molecule has 0 spiro atoms. The van der Waals surface area contributed by atoms with Crippen LogP contribution < -0.4 is 0 Å². The van der Waals surface area contributed by atoms with E-state index in [1.807, 2.05) is 0 Å². The van der Waals surface area contributed by atoms with E-state index >= 15 is 0 Å². The van der Waals surface area contributed by atoms with Crippen molar-refractivity contribution < 1.29 is 80.2 Å². The molecule has 19 heteroatoms. The van der Waals surface area contributed by atoms with Crippen molar-refractivity contribution in [2.45, 2.75) is 392 Å². The molecule has 0 saturated carbocycles. The van der Waals surface area contributed by atoms with Crippen molar-refractivity contribution in [2.24, 2.45) is 0 Å². The first-order valence-corrected chi connectivity index (χ1v) is 42.5. The molecule has 0 fully saturated rings. The molecule has 96 heavy (non-hydrogen) atoms. The van der Waals surface area contributed by atoms with E-state index < -0.39 is 60.4 Å². The van der Waals surface area contributed by atoms with Crippen LogP contribution in [0, 0.1) is 0 Å². The Labute approximate surface area is 586 Å². The molecular weight excluding hydrogens is 1260 g/mol. The molecule has 2 unspecified atom stereocenters. The molecule has 17 nitrogen and oxygen atoms in total. The number of aldehydes is 2. The van der Waals surface area contributed by atoms with Crippen molar-refractivity contribution in [1.82, 2.24) is 0 Å². The topological polar surface area (TPSA) is 237 Å². The minimum Gasteiger partial charge on any atom is -0.463 e. The van der Waals surface area contributed by atoms with Gasteiger partial charge in [-0.15, -0.1) is 0 Å². The van der Waals surface area contributed by atoms with E-state index in [-0.39, 0.29) is 38.0 Å². The standard InChI is InChI=1S/C77H146O17P2/c1-3-5-7-9-11-13-15-25-31-37-43-49-55-61-76(81)89-69-74(87-65-59-53-47-41-35-29-23-19-17-21-27-33-39-45-51-57-63-78)71-93-95(83,84)91-67-73(80)68-92-96(85,86)94-72-75(70-90-77(82)62-56-50-44-38-32-26-16-14-12-10-8-6-4-2)88-66-60-54-48-42-36-30-24-20-18-22-28-34-40-46-52-58-64-79/h17-18,21-22,63-64,73-75,80H,3-16,19-20,23-62,65-72H2,1-2H3,(H,83,84)(H,85,86)/b21-17-,22-18-/t74-,75-/m1/s1. The Hall–Kier alpha value is -2.14. The number of aliphatic hydroxyl groups is 1. The lowest BCUT2D eigenvalue weighted by Crippen LogP contribution is -2.28. The van der Waals surface area contributed by atoms with Gasteiger partial charge >= 0.3 is 27.6 Å². The number of hydrogen-bond acceptors (Lipinski definition) is 15. The summed E-state index contributed by atoms with van der Waals surface area (Å²) < 4.78 is 70.0. The molecule has 566 valence electrons. The number of ether oxygens (including phenoxy) is 4. The third-order valence-electron chi connectivity index (χ3n) is 17.5. The van der Waals surface area contributed by atoms with E-state index in [9.17, 15) is 43.2 Å². The molecule has 0 aromatic rings. The van der Waals surface area contributed by atoms with Crippen LogP contribution in [-0.2, 0) is 65.4 Å². The molecule has 0 bridgehead atoms. The number of carbonyl (C=O) groups is 4. The van der Waals surface area contributed by atoms with Gasteiger partial charge in [-0.25, -0.2) is 9.13 Å². The summed E-state index contributed by atoms with van der Waals surface area (Å²) in [6.07, 6.45) is 68.6. The normalized spacial score (nSPS) is 14.1. The third-order valence-corrected chi connectivity index (χ3v) is 19.4. The molecule has 0 aromatic carbocycles. The van der Waals surface area contributed by atoms with E-state index in [2.05, 4.69) is 38.2 Å². The molecule has 0 saturated heterocycles. The average Bonchev–Trinajstić information content (AvgIpc) is 2.04. The van der Waals surface area contributed by atoms with Gasteiger partial charge in [0.2, 0.25) is 0 Å². The third kappa shape index (κ3) is 73.1. The van der Waals surface area contributed by atoms with E-state index in [1.54, 1.807) is 0 Å². The molecule has 4 atom stereocenters. The van der Waals surface area contributed by atoms with Gasteiger partial charge < -0.3 is 43.4 Å². The summed E-state index contributed by atoms with van der Waals surface area (Å²) in [4.78, 5) is 67.8. The number of esters is 2. The molecule has 0 aliphatic carbocycles. The summed E-state index contributed by atoms with van der Waals surface area (Å²) in [5.74, 6) is -0.754. The van der Waals surface area contributed by atoms with Gasteiger partial charge in [0.05, 0.1) is 26.4 Å². The van der Waals surface area contributed by atoms with Crippen molar-refractivity contribution in [3.05, 3.63) is 24.3 Å². The van der Waals surface area contributed by atoms with E-state index in [0.717, 1.165) is 180 Å². The number of hydrogen-bond donors (Lipinski definition) is 3. The monoisotopic (exact) mass is 1410 g/mol. The average molecular weight is 1410 g/mol. The highest BCUT2D eigenvalue weighted by atomic mass is 31.2. The van der Waals surface area contributed by atoms with Crippen LogP contribution in [0.5, 0.6) is 0 Å². The molecule has 0 aliphatic heterocycles. The summed E-state index contributed by atoms with van der Waals surface area (Å²) in [6.45, 7) is 2.31. The quantitative estimate of drug-likeness (QED) is 0.0169. The zero-order valence-corrected chi connectivity index (χ0v) is 63.2. The Morgan fingerprint density at radius 2 is 0.542 bits per heavy atom. The van der Waals surface area contributed by atoms with E-state index in [4.69, 9.17) is 37.0 Å². The van der Waals surface area contributed by atoms with Gasteiger partial charge in [-0.3, -0.25) is 27.7 Å². The summed E-state index contributed by atoms with van der Waals surface area (Å²) in [6, 6.07) is 0. The van der Waals surface area contributed by atoms with Crippen molar-refractivity contribution in [3.63, 3.8) is 0 Å². The Kier molecular flexibility index (Phi) is 72.4. The predicted molar refractivity (Wildman–Crippen MR) is 391 cm³/mol. The van der Waals surface area contributed by atoms with Crippen molar-refractivity contribution >= 4 is 40.2 Å². The number of phosphoric acid groups is 2. The van der Waals surface area contributed by atoms with Crippen LogP contribution in [0.3, 0.4) is 0 Å². The number of aliphatic hydroxyl groups excluding tert-OH is 1. The fourth-order valence-corrected chi connectivity index (χ4v) is 13.0.